The summed E-state index contributed by atoms with van der Waals surface area (Å²) in [4.78, 5) is 13.3. The third-order valence-electron chi connectivity index (χ3n) is 9.71. The summed E-state index contributed by atoms with van der Waals surface area (Å²) in [5, 5.41) is 23.8. The van der Waals surface area contributed by atoms with Gasteiger partial charge in [0.25, 0.3) is 0 Å². The van der Waals surface area contributed by atoms with Crippen molar-refractivity contribution in [3.8, 4) is 6.07 Å². The molecule has 0 bridgehead atoms. The molecule has 30 heavy (non-hydrogen) atoms. The van der Waals surface area contributed by atoms with Gasteiger partial charge in [-0.25, -0.2) is 0 Å². The van der Waals surface area contributed by atoms with Crippen LogP contribution in [-0.4, -0.2) is 26.3 Å². The molecule has 1 unspecified atom stereocenters. The van der Waals surface area contributed by atoms with Gasteiger partial charge < -0.3 is 5.11 Å². The number of hydrogen-bond donors (Lipinski definition) is 1. The molecule has 0 radical (unpaired) electrons. The molecule has 4 aliphatic rings. The van der Waals surface area contributed by atoms with Crippen molar-refractivity contribution in [1.29, 1.82) is 5.26 Å². The molecular formula is C25H35N3O2. The van der Waals surface area contributed by atoms with Gasteiger partial charge in [0.2, 0.25) is 0 Å². The zero-order valence-electron chi connectivity index (χ0n) is 18.4. The third-order valence-corrected chi connectivity index (χ3v) is 9.71. The molecule has 162 valence electrons. The summed E-state index contributed by atoms with van der Waals surface area (Å²) in [5.41, 5.74) is 0.179. The number of aromatic nitrogens is 2. The van der Waals surface area contributed by atoms with Crippen molar-refractivity contribution in [2.45, 2.75) is 83.8 Å². The van der Waals surface area contributed by atoms with Crippen LogP contribution >= 0.6 is 0 Å². The molecule has 1 N–H and O–H groups in total. The molecule has 8 atom stereocenters. The fourth-order valence-corrected chi connectivity index (χ4v) is 8.39. The molecule has 5 nitrogen and oxygen atoms in total. The molecule has 0 amide bonds. The number of aliphatic hydroxyl groups is 1. The van der Waals surface area contributed by atoms with Crippen LogP contribution in [0.2, 0.25) is 0 Å². The van der Waals surface area contributed by atoms with E-state index in [4.69, 9.17) is 5.26 Å². The van der Waals surface area contributed by atoms with E-state index in [9.17, 15) is 9.90 Å². The maximum Gasteiger partial charge on any atom is 0.157 e. The Hall–Kier alpha value is -1.67. The van der Waals surface area contributed by atoms with E-state index in [1.807, 2.05) is 6.92 Å². The number of fused-ring (bicyclic) bond motifs is 5. The fourth-order valence-electron chi connectivity index (χ4n) is 8.39. The Morgan fingerprint density at radius 1 is 1.17 bits per heavy atom. The lowest BCUT2D eigenvalue weighted by atomic mass is 9.49. The SMILES string of the molecule is C[C@@]1(O)CC[C@H]2[C@H](CCC3[C@@H]2CC[C@]2(C)[C@@H](C(=O)Cn4cc(C#N)cn4)CC[C@@H]32)C1. The highest BCUT2D eigenvalue weighted by Gasteiger charge is 2.58. The average molecular weight is 410 g/mol. The summed E-state index contributed by atoms with van der Waals surface area (Å²) in [6, 6.07) is 2.09. The van der Waals surface area contributed by atoms with Gasteiger partial charge in [-0.1, -0.05) is 6.92 Å². The number of nitriles is 1. The first kappa shape index (κ1) is 20.2. The minimum Gasteiger partial charge on any atom is -0.390 e. The van der Waals surface area contributed by atoms with Crippen LogP contribution in [0.25, 0.3) is 0 Å². The van der Waals surface area contributed by atoms with Crippen LogP contribution in [0.5, 0.6) is 0 Å². The highest BCUT2D eigenvalue weighted by Crippen LogP contribution is 2.64. The predicted molar refractivity (Wildman–Crippen MR) is 113 cm³/mol. The van der Waals surface area contributed by atoms with E-state index >= 15 is 0 Å². The van der Waals surface area contributed by atoms with Crippen molar-refractivity contribution in [1.82, 2.24) is 9.78 Å². The van der Waals surface area contributed by atoms with Crippen molar-refractivity contribution in [2.75, 3.05) is 0 Å². The van der Waals surface area contributed by atoms with E-state index < -0.39 is 5.60 Å². The summed E-state index contributed by atoms with van der Waals surface area (Å²) in [6.45, 7) is 4.72. The second kappa shape index (κ2) is 7.19. The highest BCUT2D eigenvalue weighted by molar-refractivity contribution is 5.82. The highest BCUT2D eigenvalue weighted by atomic mass is 16.3. The number of carbonyl (C=O) groups excluding carboxylic acids is 1. The van der Waals surface area contributed by atoms with Crippen molar-refractivity contribution in [3.05, 3.63) is 18.0 Å². The lowest BCUT2D eigenvalue weighted by molar-refractivity contribution is -0.133. The zero-order valence-corrected chi connectivity index (χ0v) is 18.4. The molecule has 4 fully saturated rings. The largest absolute Gasteiger partial charge is 0.390 e. The van der Waals surface area contributed by atoms with Crippen molar-refractivity contribution in [2.24, 2.45) is 40.9 Å². The molecule has 5 heteroatoms. The minimum atomic E-state index is -0.458. The standard InChI is InChI=1S/C25H35N3O2/c1-24(30)9-7-18-17(11-24)3-4-20-19(18)8-10-25(2)21(20)5-6-22(25)23(29)15-28-14-16(12-26)13-27-28/h13-14,17-22,30H,3-11,15H2,1-2H3/t17-,18+,19-,20?,21+,22-,24-,25+/m1/s1. The summed E-state index contributed by atoms with van der Waals surface area (Å²) in [6.07, 6.45) is 13.5. The van der Waals surface area contributed by atoms with Crippen LogP contribution in [0.3, 0.4) is 0 Å². The van der Waals surface area contributed by atoms with Crippen molar-refractivity contribution in [3.63, 3.8) is 0 Å². The number of hydrogen-bond acceptors (Lipinski definition) is 4. The molecule has 5 rings (SSSR count). The first-order valence-electron chi connectivity index (χ1n) is 12.0. The second-order valence-corrected chi connectivity index (χ2v) is 11.4. The molecule has 1 aromatic heterocycles. The molecular weight excluding hydrogens is 374 g/mol. The zero-order chi connectivity index (χ0) is 21.1. The van der Waals surface area contributed by atoms with Crippen molar-refractivity contribution >= 4 is 5.78 Å². The van der Waals surface area contributed by atoms with Crippen LogP contribution in [0, 0.1) is 52.3 Å². The van der Waals surface area contributed by atoms with Crippen LogP contribution in [0.15, 0.2) is 12.4 Å². The Balaban J connectivity index is 1.30. The average Bonchev–Trinajstić information content (AvgIpc) is 3.30. The Morgan fingerprint density at radius 2 is 1.97 bits per heavy atom. The number of Topliss-reactive ketones (excluding diaryl/α,β-unsaturated/α-hetero) is 1. The van der Waals surface area contributed by atoms with Gasteiger partial charge >= 0.3 is 0 Å². The Morgan fingerprint density at radius 3 is 2.73 bits per heavy atom. The van der Waals surface area contributed by atoms with Gasteiger partial charge in [0.1, 0.15) is 6.07 Å². The third kappa shape index (κ3) is 3.23. The second-order valence-electron chi connectivity index (χ2n) is 11.4. The number of ketones is 1. The maximum absolute atomic E-state index is 13.3. The van der Waals surface area contributed by atoms with Gasteiger partial charge in [-0.15, -0.1) is 0 Å². The van der Waals surface area contributed by atoms with E-state index in [0.717, 1.165) is 43.4 Å². The Bertz CT molecular complexity index is 868. The normalized spacial score (nSPS) is 45.1. The fraction of sp³-hybridized carbons (Fsp3) is 0.800. The molecule has 4 aliphatic carbocycles. The van der Waals surface area contributed by atoms with Crippen LogP contribution in [0.1, 0.15) is 77.2 Å². The molecule has 1 heterocycles. The molecule has 4 saturated carbocycles. The van der Waals surface area contributed by atoms with E-state index in [1.165, 1.54) is 38.3 Å². The topological polar surface area (TPSA) is 78.9 Å². The van der Waals surface area contributed by atoms with Gasteiger partial charge in [-0.3, -0.25) is 9.48 Å². The van der Waals surface area contributed by atoms with Crippen LogP contribution in [0.4, 0.5) is 0 Å². The molecule has 0 aromatic carbocycles. The lowest BCUT2D eigenvalue weighted by Gasteiger charge is -2.56. The molecule has 0 saturated heterocycles. The monoisotopic (exact) mass is 409 g/mol. The number of carbonyl (C=O) groups is 1. The molecule has 1 aromatic rings. The van der Waals surface area contributed by atoms with Gasteiger partial charge in [0.05, 0.1) is 23.9 Å². The lowest BCUT2D eigenvalue weighted by Crippen LogP contribution is -2.51. The van der Waals surface area contributed by atoms with E-state index in [2.05, 4.69) is 18.1 Å². The number of rotatable bonds is 3. The van der Waals surface area contributed by atoms with Crippen LogP contribution in [-0.2, 0) is 11.3 Å². The Labute approximate surface area is 179 Å². The maximum atomic E-state index is 13.3. The number of nitrogens with zero attached hydrogens (tertiary/aromatic N) is 3. The summed E-state index contributed by atoms with van der Waals surface area (Å²) >= 11 is 0. The quantitative estimate of drug-likeness (QED) is 0.805. The van der Waals surface area contributed by atoms with E-state index in [0.29, 0.717) is 29.7 Å². The summed E-state index contributed by atoms with van der Waals surface area (Å²) in [7, 11) is 0. The van der Waals surface area contributed by atoms with E-state index in [-0.39, 0.29) is 11.3 Å². The van der Waals surface area contributed by atoms with E-state index in [1.54, 1.807) is 10.9 Å². The Kier molecular flexibility index (Phi) is 4.85. The summed E-state index contributed by atoms with van der Waals surface area (Å²) in [5.74, 6) is 4.15. The van der Waals surface area contributed by atoms with Gasteiger partial charge in [0, 0.05) is 12.1 Å². The van der Waals surface area contributed by atoms with Gasteiger partial charge in [-0.2, -0.15) is 10.4 Å². The molecule has 0 aliphatic heterocycles. The predicted octanol–water partition coefficient (Wildman–Crippen LogP) is 4.34. The smallest absolute Gasteiger partial charge is 0.157 e. The minimum absolute atomic E-state index is 0.121. The van der Waals surface area contributed by atoms with Gasteiger partial charge in [0.15, 0.2) is 5.78 Å². The van der Waals surface area contributed by atoms with Crippen LogP contribution < -0.4 is 0 Å². The first-order valence-corrected chi connectivity index (χ1v) is 12.0. The molecule has 0 spiro atoms. The van der Waals surface area contributed by atoms with Gasteiger partial charge in [-0.05, 0) is 99.7 Å². The van der Waals surface area contributed by atoms with Crippen molar-refractivity contribution < 1.29 is 9.90 Å². The first-order chi connectivity index (χ1) is 14.3. The summed E-state index contributed by atoms with van der Waals surface area (Å²) < 4.78 is 1.64.